The molecular weight excluding hydrogens is 290 g/mol. The van der Waals surface area contributed by atoms with Crippen molar-refractivity contribution in [3.8, 4) is 0 Å². The molecule has 0 spiro atoms. The number of pyridine rings is 1. The summed E-state index contributed by atoms with van der Waals surface area (Å²) in [6.07, 6.45) is 7.87. The second kappa shape index (κ2) is 11.4. The van der Waals surface area contributed by atoms with E-state index in [0.717, 1.165) is 6.54 Å². The minimum Gasteiger partial charge on any atom is -0.748 e. The first-order chi connectivity index (χ1) is 9.85. The number of ketones is 1. The van der Waals surface area contributed by atoms with E-state index < -0.39 is 10.1 Å². The van der Waals surface area contributed by atoms with Gasteiger partial charge in [-0.25, -0.2) is 13.0 Å². The molecule has 0 N–H and O–H groups in total. The van der Waals surface area contributed by atoms with Crippen LogP contribution < -0.4 is 4.57 Å². The molecule has 1 rings (SSSR count). The molecule has 0 radical (unpaired) electrons. The summed E-state index contributed by atoms with van der Waals surface area (Å²) in [4.78, 5) is 10.3. The molecule has 1 aromatic heterocycles. The van der Waals surface area contributed by atoms with Crippen molar-refractivity contribution in [2.45, 2.75) is 52.5 Å². The Hall–Kier alpha value is -1.27. The van der Waals surface area contributed by atoms with Gasteiger partial charge in [0, 0.05) is 30.7 Å². The molecule has 6 heteroatoms. The Morgan fingerprint density at radius 3 is 2.19 bits per heavy atom. The minimum absolute atomic E-state index is 0.0216. The average Bonchev–Trinajstić information content (AvgIpc) is 2.42. The molecule has 0 amide bonds. The highest BCUT2D eigenvalue weighted by Crippen LogP contribution is 1.98. The summed E-state index contributed by atoms with van der Waals surface area (Å²) in [7, 11) is -4.08. The lowest BCUT2D eigenvalue weighted by Gasteiger charge is -2.04. The third kappa shape index (κ3) is 14.9. The number of Topliss-reactive ketones (excluding diaryl/α,β-unsaturated/α-hetero) is 1. The first-order valence-electron chi connectivity index (χ1n) is 7.22. The van der Waals surface area contributed by atoms with E-state index in [1.807, 2.05) is 6.07 Å². The SMILES string of the molecule is CC(=O)CCCCS(=O)(=O)[O-].CCCC[n+]1ccccc1. The van der Waals surface area contributed by atoms with Crippen molar-refractivity contribution in [2.75, 3.05) is 5.75 Å². The maximum Gasteiger partial charge on any atom is 0.168 e. The Balaban J connectivity index is 0.000000382. The van der Waals surface area contributed by atoms with Crippen molar-refractivity contribution in [1.29, 1.82) is 0 Å². The van der Waals surface area contributed by atoms with Crippen LogP contribution in [0, 0.1) is 0 Å². The summed E-state index contributed by atoms with van der Waals surface area (Å²) in [5, 5.41) is 0. The molecule has 1 aromatic rings. The Bertz CT molecular complexity index is 486. The lowest BCUT2D eigenvalue weighted by Crippen LogP contribution is -2.31. The van der Waals surface area contributed by atoms with Crippen molar-refractivity contribution in [3.05, 3.63) is 30.6 Å². The number of hydrogen-bond acceptors (Lipinski definition) is 4. The lowest BCUT2D eigenvalue weighted by molar-refractivity contribution is -0.697. The van der Waals surface area contributed by atoms with Crippen LogP contribution in [-0.2, 0) is 21.5 Å². The maximum absolute atomic E-state index is 10.3. The monoisotopic (exact) mass is 315 g/mol. The normalized spacial score (nSPS) is 10.6. The lowest BCUT2D eigenvalue weighted by atomic mass is 10.2. The van der Waals surface area contributed by atoms with Gasteiger partial charge in [-0.2, -0.15) is 0 Å². The summed E-state index contributed by atoms with van der Waals surface area (Å²) < 4.78 is 32.3. The zero-order chi connectivity index (χ0) is 16.1. The average molecular weight is 315 g/mol. The molecule has 0 unspecified atom stereocenters. The van der Waals surface area contributed by atoms with E-state index in [9.17, 15) is 17.8 Å². The van der Waals surface area contributed by atoms with Gasteiger partial charge >= 0.3 is 0 Å². The van der Waals surface area contributed by atoms with Crippen molar-refractivity contribution < 1.29 is 22.3 Å². The smallest absolute Gasteiger partial charge is 0.168 e. The van der Waals surface area contributed by atoms with E-state index >= 15 is 0 Å². The first kappa shape index (κ1) is 19.7. The summed E-state index contributed by atoms with van der Waals surface area (Å²) in [6.45, 7) is 4.80. The largest absolute Gasteiger partial charge is 0.748 e. The molecule has 0 bridgehead atoms. The van der Waals surface area contributed by atoms with Crippen molar-refractivity contribution in [3.63, 3.8) is 0 Å². The van der Waals surface area contributed by atoms with E-state index in [2.05, 4.69) is 36.0 Å². The van der Waals surface area contributed by atoms with Gasteiger partial charge in [-0.3, -0.25) is 0 Å². The third-order valence-corrected chi connectivity index (χ3v) is 3.51. The Kier molecular flexibility index (Phi) is 10.7. The molecule has 0 saturated carbocycles. The van der Waals surface area contributed by atoms with Crippen LogP contribution in [-0.4, -0.2) is 24.5 Å². The van der Waals surface area contributed by atoms with Crippen LogP contribution in [0.3, 0.4) is 0 Å². The fraction of sp³-hybridized carbons (Fsp3) is 0.600. The Morgan fingerprint density at radius 2 is 1.71 bits per heavy atom. The van der Waals surface area contributed by atoms with Gasteiger partial charge in [0.15, 0.2) is 12.4 Å². The third-order valence-electron chi connectivity index (χ3n) is 2.72. The topological polar surface area (TPSA) is 78.1 Å². The van der Waals surface area contributed by atoms with E-state index in [4.69, 9.17) is 0 Å². The molecule has 21 heavy (non-hydrogen) atoms. The highest BCUT2D eigenvalue weighted by Gasteiger charge is 1.97. The van der Waals surface area contributed by atoms with Crippen LogP contribution in [0.4, 0.5) is 0 Å². The van der Waals surface area contributed by atoms with Gasteiger partial charge in [-0.05, 0) is 19.8 Å². The van der Waals surface area contributed by atoms with Crippen molar-refractivity contribution in [1.82, 2.24) is 0 Å². The summed E-state index contributed by atoms with van der Waals surface area (Å²) >= 11 is 0. The van der Waals surface area contributed by atoms with Gasteiger partial charge in [-0.15, -0.1) is 0 Å². The van der Waals surface area contributed by atoms with Gasteiger partial charge in [0.2, 0.25) is 0 Å². The van der Waals surface area contributed by atoms with Crippen LogP contribution in [0.15, 0.2) is 30.6 Å². The second-order valence-corrected chi connectivity index (χ2v) is 6.41. The fourth-order valence-electron chi connectivity index (χ4n) is 1.58. The molecule has 0 aromatic carbocycles. The second-order valence-electron chi connectivity index (χ2n) is 4.89. The predicted molar refractivity (Wildman–Crippen MR) is 80.6 cm³/mol. The van der Waals surface area contributed by atoms with Gasteiger partial charge in [0.05, 0.1) is 10.1 Å². The van der Waals surface area contributed by atoms with Crippen LogP contribution in [0.25, 0.3) is 0 Å². The van der Waals surface area contributed by atoms with Gasteiger partial charge in [0.25, 0.3) is 0 Å². The molecule has 1 heterocycles. The summed E-state index contributed by atoms with van der Waals surface area (Å²) in [6, 6.07) is 6.17. The summed E-state index contributed by atoms with van der Waals surface area (Å²) in [5.41, 5.74) is 0. The molecule has 0 atom stereocenters. The highest BCUT2D eigenvalue weighted by molar-refractivity contribution is 7.85. The Morgan fingerprint density at radius 1 is 1.10 bits per heavy atom. The maximum atomic E-state index is 10.3. The molecule has 0 aliphatic rings. The van der Waals surface area contributed by atoms with Crippen molar-refractivity contribution >= 4 is 15.9 Å². The van der Waals surface area contributed by atoms with Crippen LogP contribution in [0.1, 0.15) is 46.0 Å². The molecule has 120 valence electrons. The molecular formula is C15H25NO4S. The zero-order valence-electron chi connectivity index (χ0n) is 12.8. The molecule has 0 saturated heterocycles. The van der Waals surface area contributed by atoms with Crippen LogP contribution >= 0.6 is 0 Å². The molecule has 5 nitrogen and oxygen atoms in total. The number of rotatable bonds is 8. The van der Waals surface area contributed by atoms with Crippen LogP contribution in [0.2, 0.25) is 0 Å². The Labute approximate surface area is 127 Å². The standard InChI is InChI=1S/C9H14N.C6H12O4S/c1-2-3-7-10-8-5-4-6-9-10;1-6(7)4-2-3-5-11(8,9)10/h4-6,8-9H,2-3,7H2,1H3;2-5H2,1H3,(H,8,9,10)/q+1;/p-1. The number of hydrogen-bond donors (Lipinski definition) is 0. The highest BCUT2D eigenvalue weighted by atomic mass is 32.2. The van der Waals surface area contributed by atoms with Crippen molar-refractivity contribution in [2.24, 2.45) is 0 Å². The molecule has 0 fully saturated rings. The number of aromatic nitrogens is 1. The number of carbonyl (C=O) groups is 1. The summed E-state index contributed by atoms with van der Waals surface area (Å²) in [5.74, 6) is -0.339. The first-order valence-corrected chi connectivity index (χ1v) is 8.80. The van der Waals surface area contributed by atoms with Gasteiger partial charge < -0.3 is 9.35 Å². The fourth-order valence-corrected chi connectivity index (χ4v) is 2.13. The number of nitrogens with zero attached hydrogens (tertiary/aromatic N) is 1. The van der Waals surface area contributed by atoms with E-state index in [0.29, 0.717) is 12.8 Å². The minimum atomic E-state index is -4.08. The van der Waals surface area contributed by atoms with Gasteiger partial charge in [0.1, 0.15) is 12.3 Å². The zero-order valence-corrected chi connectivity index (χ0v) is 13.6. The number of unbranched alkanes of at least 4 members (excludes halogenated alkanes) is 2. The quantitative estimate of drug-likeness (QED) is 0.418. The molecule has 0 aliphatic carbocycles. The van der Waals surface area contributed by atoms with Gasteiger partial charge in [-0.1, -0.05) is 19.4 Å². The van der Waals surface area contributed by atoms with E-state index in [-0.39, 0.29) is 18.0 Å². The number of carbonyl (C=O) groups excluding carboxylic acids is 1. The molecule has 0 aliphatic heterocycles. The number of aryl methyl sites for hydroxylation is 1. The predicted octanol–water partition coefficient (Wildman–Crippen LogP) is 2.07. The van der Waals surface area contributed by atoms with E-state index in [1.165, 1.54) is 19.8 Å². The van der Waals surface area contributed by atoms with E-state index in [1.54, 1.807) is 0 Å². The van der Waals surface area contributed by atoms with Crippen LogP contribution in [0.5, 0.6) is 0 Å².